The van der Waals surface area contributed by atoms with Gasteiger partial charge in [0.05, 0.1) is 0 Å². The third-order valence-corrected chi connectivity index (χ3v) is 3.93. The topological polar surface area (TPSA) is 115 Å². The molecule has 0 radical (unpaired) electrons. The predicted octanol–water partition coefficient (Wildman–Crippen LogP) is 3.11. The SMILES string of the molecule is O=C(O)[C@H](O)CCCCCC/C=C\CCCCCC[C@@H](O)C(=O)O. The van der Waals surface area contributed by atoms with Crippen molar-refractivity contribution in [2.45, 2.75) is 89.3 Å². The Morgan fingerprint density at radius 2 is 0.958 bits per heavy atom. The molecule has 0 heterocycles. The van der Waals surface area contributed by atoms with Gasteiger partial charge in [-0.25, -0.2) is 9.59 Å². The highest BCUT2D eigenvalue weighted by molar-refractivity contribution is 5.72. The van der Waals surface area contributed by atoms with Crippen molar-refractivity contribution in [3.63, 3.8) is 0 Å². The molecule has 0 aromatic carbocycles. The summed E-state index contributed by atoms with van der Waals surface area (Å²) in [5.41, 5.74) is 0. The summed E-state index contributed by atoms with van der Waals surface area (Å²) in [6, 6.07) is 0. The third-order valence-electron chi connectivity index (χ3n) is 3.93. The van der Waals surface area contributed by atoms with Gasteiger partial charge in [-0.2, -0.15) is 0 Å². The van der Waals surface area contributed by atoms with Gasteiger partial charge < -0.3 is 20.4 Å². The number of hydrogen-bond donors (Lipinski definition) is 4. The van der Waals surface area contributed by atoms with E-state index in [1.54, 1.807) is 0 Å². The lowest BCUT2D eigenvalue weighted by atomic mass is 10.1. The summed E-state index contributed by atoms with van der Waals surface area (Å²) in [6.45, 7) is 0. The Morgan fingerprint density at radius 1 is 0.625 bits per heavy atom. The van der Waals surface area contributed by atoms with Crippen LogP contribution in [-0.2, 0) is 9.59 Å². The van der Waals surface area contributed by atoms with Crippen LogP contribution in [0, 0.1) is 0 Å². The van der Waals surface area contributed by atoms with Gasteiger partial charge in [0.25, 0.3) is 0 Å². The van der Waals surface area contributed by atoms with Crippen LogP contribution in [0.3, 0.4) is 0 Å². The lowest BCUT2D eigenvalue weighted by molar-refractivity contribution is -0.147. The minimum atomic E-state index is -1.22. The molecule has 140 valence electrons. The van der Waals surface area contributed by atoms with E-state index in [4.69, 9.17) is 20.4 Å². The van der Waals surface area contributed by atoms with Gasteiger partial charge in [0, 0.05) is 0 Å². The van der Waals surface area contributed by atoms with Gasteiger partial charge >= 0.3 is 11.9 Å². The van der Waals surface area contributed by atoms with Crippen molar-refractivity contribution < 1.29 is 30.0 Å². The van der Waals surface area contributed by atoms with E-state index in [1.165, 1.54) is 0 Å². The molecule has 0 unspecified atom stereocenters. The number of carboxylic acid groups (broad SMARTS) is 2. The second-order valence-corrected chi connectivity index (χ2v) is 6.16. The Bertz CT molecular complexity index is 333. The number of allylic oxidation sites excluding steroid dienone is 2. The van der Waals surface area contributed by atoms with Crippen LogP contribution < -0.4 is 0 Å². The molecule has 0 aliphatic carbocycles. The molecular formula is C18H32O6. The Labute approximate surface area is 144 Å². The van der Waals surface area contributed by atoms with E-state index in [9.17, 15) is 9.59 Å². The van der Waals surface area contributed by atoms with Crippen LogP contribution in [0.15, 0.2) is 12.2 Å². The summed E-state index contributed by atoms with van der Waals surface area (Å²) in [4.78, 5) is 20.8. The maximum Gasteiger partial charge on any atom is 0.332 e. The Morgan fingerprint density at radius 3 is 1.29 bits per heavy atom. The molecule has 0 saturated heterocycles. The molecular weight excluding hydrogens is 312 g/mol. The van der Waals surface area contributed by atoms with E-state index in [2.05, 4.69) is 12.2 Å². The highest BCUT2D eigenvalue weighted by Gasteiger charge is 2.12. The number of carbonyl (C=O) groups is 2. The van der Waals surface area contributed by atoms with E-state index in [-0.39, 0.29) is 0 Å². The number of hydrogen-bond acceptors (Lipinski definition) is 4. The number of aliphatic hydroxyl groups is 2. The van der Waals surface area contributed by atoms with Crippen LogP contribution in [0.4, 0.5) is 0 Å². The predicted molar refractivity (Wildman–Crippen MR) is 91.8 cm³/mol. The lowest BCUT2D eigenvalue weighted by Crippen LogP contribution is -2.18. The number of aliphatic carboxylic acids is 2. The first-order valence-electron chi connectivity index (χ1n) is 8.92. The van der Waals surface area contributed by atoms with Crippen LogP contribution in [0.5, 0.6) is 0 Å². The molecule has 0 bridgehead atoms. The summed E-state index contributed by atoms with van der Waals surface area (Å²) in [6.07, 6.45) is 12.2. The third kappa shape index (κ3) is 14.2. The molecule has 0 rings (SSSR count). The van der Waals surface area contributed by atoms with E-state index in [1.807, 2.05) is 0 Å². The Kier molecular flexibility index (Phi) is 14.3. The molecule has 6 heteroatoms. The van der Waals surface area contributed by atoms with Crippen LogP contribution in [0.2, 0.25) is 0 Å². The second-order valence-electron chi connectivity index (χ2n) is 6.16. The van der Waals surface area contributed by atoms with Crippen molar-refractivity contribution in [2.24, 2.45) is 0 Å². The maximum atomic E-state index is 10.4. The van der Waals surface area contributed by atoms with Crippen molar-refractivity contribution in [3.8, 4) is 0 Å². The Balaban J connectivity index is 3.27. The second kappa shape index (κ2) is 15.1. The number of unbranched alkanes of at least 4 members (excludes halogenated alkanes) is 8. The van der Waals surface area contributed by atoms with Gasteiger partial charge in [-0.05, 0) is 38.5 Å². The van der Waals surface area contributed by atoms with Gasteiger partial charge in [0.2, 0.25) is 0 Å². The molecule has 0 aliphatic heterocycles. The molecule has 0 spiro atoms. The van der Waals surface area contributed by atoms with Crippen molar-refractivity contribution in [1.29, 1.82) is 0 Å². The minimum Gasteiger partial charge on any atom is -0.479 e. The normalized spacial score (nSPS) is 13.9. The molecule has 0 aromatic rings. The van der Waals surface area contributed by atoms with Gasteiger partial charge in [0.15, 0.2) is 12.2 Å². The quantitative estimate of drug-likeness (QED) is 0.253. The Hall–Kier alpha value is -1.40. The molecule has 0 saturated carbocycles. The smallest absolute Gasteiger partial charge is 0.332 e. The fourth-order valence-electron chi connectivity index (χ4n) is 2.39. The number of aliphatic hydroxyl groups excluding tert-OH is 2. The zero-order chi connectivity index (χ0) is 18.2. The standard InChI is InChI=1S/C18H32O6/c19-15(17(21)22)13-11-9-7-5-3-1-2-4-6-8-10-12-14-16(20)18(23)24/h1-2,15-16,19-20H,3-14H2,(H,21,22)(H,23,24)/b2-1-/t15-,16-/m1/s1. The minimum absolute atomic E-state index is 0.328. The number of rotatable bonds is 16. The van der Waals surface area contributed by atoms with Crippen molar-refractivity contribution >= 4 is 11.9 Å². The molecule has 0 aliphatic rings. The maximum absolute atomic E-state index is 10.4. The summed E-state index contributed by atoms with van der Waals surface area (Å²) in [5.74, 6) is -2.29. The van der Waals surface area contributed by atoms with Crippen LogP contribution in [0.1, 0.15) is 77.0 Å². The highest BCUT2D eigenvalue weighted by Crippen LogP contribution is 2.10. The largest absolute Gasteiger partial charge is 0.479 e. The van der Waals surface area contributed by atoms with Gasteiger partial charge in [-0.15, -0.1) is 0 Å². The average molecular weight is 344 g/mol. The summed E-state index contributed by atoms with van der Waals surface area (Å²) >= 11 is 0. The molecule has 2 atom stereocenters. The van der Waals surface area contributed by atoms with Crippen LogP contribution in [0.25, 0.3) is 0 Å². The first-order chi connectivity index (χ1) is 11.4. The number of carboxylic acids is 2. The van der Waals surface area contributed by atoms with Crippen molar-refractivity contribution in [1.82, 2.24) is 0 Å². The summed E-state index contributed by atoms with van der Waals surface area (Å²) in [7, 11) is 0. The monoisotopic (exact) mass is 344 g/mol. The van der Waals surface area contributed by atoms with E-state index in [0.717, 1.165) is 64.2 Å². The first kappa shape index (κ1) is 22.6. The molecule has 0 fully saturated rings. The van der Waals surface area contributed by atoms with Crippen LogP contribution in [-0.4, -0.2) is 44.6 Å². The van der Waals surface area contributed by atoms with Crippen molar-refractivity contribution in [2.75, 3.05) is 0 Å². The zero-order valence-electron chi connectivity index (χ0n) is 14.4. The molecule has 4 N–H and O–H groups in total. The lowest BCUT2D eigenvalue weighted by Gasteiger charge is -2.04. The van der Waals surface area contributed by atoms with Gasteiger partial charge in [-0.3, -0.25) is 0 Å². The van der Waals surface area contributed by atoms with Crippen molar-refractivity contribution in [3.05, 3.63) is 12.2 Å². The van der Waals surface area contributed by atoms with E-state index in [0.29, 0.717) is 12.8 Å². The fraction of sp³-hybridized carbons (Fsp3) is 0.778. The molecule has 0 amide bonds. The zero-order valence-corrected chi connectivity index (χ0v) is 14.4. The fourth-order valence-corrected chi connectivity index (χ4v) is 2.39. The highest BCUT2D eigenvalue weighted by atomic mass is 16.4. The van der Waals surface area contributed by atoms with Gasteiger partial charge in [0.1, 0.15) is 0 Å². The first-order valence-corrected chi connectivity index (χ1v) is 8.92. The average Bonchev–Trinajstić information content (AvgIpc) is 2.54. The summed E-state index contributed by atoms with van der Waals surface area (Å²) < 4.78 is 0. The van der Waals surface area contributed by atoms with Gasteiger partial charge in [-0.1, -0.05) is 50.7 Å². The van der Waals surface area contributed by atoms with E-state index < -0.39 is 24.1 Å². The summed E-state index contributed by atoms with van der Waals surface area (Å²) in [5, 5.41) is 35.3. The molecule has 0 aromatic heterocycles. The van der Waals surface area contributed by atoms with Crippen LogP contribution >= 0.6 is 0 Å². The molecule has 6 nitrogen and oxygen atoms in total. The molecule has 24 heavy (non-hydrogen) atoms. The van der Waals surface area contributed by atoms with E-state index >= 15 is 0 Å².